The number of sulfonamides is 1. The number of rotatable bonds is 3. The lowest BCUT2D eigenvalue weighted by Gasteiger charge is -2.24. The number of thiophene rings is 1. The second-order valence-electron chi connectivity index (χ2n) is 6.09. The molecule has 0 bridgehead atoms. The van der Waals surface area contributed by atoms with Gasteiger partial charge in [0.05, 0.1) is 23.0 Å². The lowest BCUT2D eigenvalue weighted by atomic mass is 10.0. The summed E-state index contributed by atoms with van der Waals surface area (Å²) in [5, 5.41) is 0. The van der Waals surface area contributed by atoms with Gasteiger partial charge in [0.1, 0.15) is 4.21 Å². The third-order valence-corrected chi connectivity index (χ3v) is 8.47. The van der Waals surface area contributed by atoms with E-state index in [-0.39, 0.29) is 6.04 Å². The summed E-state index contributed by atoms with van der Waals surface area (Å²) >= 11 is 4.59. The molecule has 2 aliphatic heterocycles. The van der Waals surface area contributed by atoms with E-state index in [9.17, 15) is 8.42 Å². The SMILES string of the molecule is O=S(=O)(c1ccc(Br)s1)N1CCC[C@H]1c1ccc2c(c1)OCCCO2. The van der Waals surface area contributed by atoms with Crippen molar-refractivity contribution in [2.24, 2.45) is 0 Å². The van der Waals surface area contributed by atoms with Crippen molar-refractivity contribution >= 4 is 37.3 Å². The maximum Gasteiger partial charge on any atom is 0.253 e. The smallest absolute Gasteiger partial charge is 0.253 e. The summed E-state index contributed by atoms with van der Waals surface area (Å²) in [6.45, 7) is 1.80. The molecule has 4 rings (SSSR count). The van der Waals surface area contributed by atoms with Gasteiger partial charge in [-0.05, 0) is 58.6 Å². The molecular weight excluding hydrogens is 426 g/mol. The van der Waals surface area contributed by atoms with Crippen molar-refractivity contribution in [3.8, 4) is 11.5 Å². The molecule has 1 aromatic carbocycles. The molecule has 0 aliphatic carbocycles. The van der Waals surface area contributed by atoms with E-state index in [0.717, 1.165) is 34.4 Å². The predicted molar refractivity (Wildman–Crippen MR) is 99.9 cm³/mol. The molecule has 25 heavy (non-hydrogen) atoms. The van der Waals surface area contributed by atoms with Crippen LogP contribution in [0.5, 0.6) is 11.5 Å². The maximum atomic E-state index is 13.0. The molecule has 5 nitrogen and oxygen atoms in total. The quantitative estimate of drug-likeness (QED) is 0.712. The summed E-state index contributed by atoms with van der Waals surface area (Å²) in [4.78, 5) is 0. The third kappa shape index (κ3) is 3.32. The van der Waals surface area contributed by atoms with Crippen LogP contribution >= 0.6 is 27.3 Å². The Morgan fingerprint density at radius 3 is 2.64 bits per heavy atom. The maximum absolute atomic E-state index is 13.0. The average molecular weight is 444 g/mol. The normalized spacial score (nSPS) is 21.2. The van der Waals surface area contributed by atoms with Gasteiger partial charge in [0.25, 0.3) is 10.0 Å². The van der Waals surface area contributed by atoms with E-state index in [1.54, 1.807) is 16.4 Å². The van der Waals surface area contributed by atoms with Crippen LogP contribution in [0.25, 0.3) is 0 Å². The van der Waals surface area contributed by atoms with E-state index in [1.165, 1.54) is 11.3 Å². The number of hydrogen-bond acceptors (Lipinski definition) is 5. The van der Waals surface area contributed by atoms with Crippen molar-refractivity contribution in [2.45, 2.75) is 29.5 Å². The predicted octanol–water partition coefficient (Wildman–Crippen LogP) is 4.20. The first kappa shape index (κ1) is 17.3. The molecule has 0 saturated carbocycles. The molecule has 2 aliphatic rings. The Balaban J connectivity index is 1.67. The van der Waals surface area contributed by atoms with Gasteiger partial charge in [0.2, 0.25) is 0 Å². The Morgan fingerprint density at radius 2 is 1.88 bits per heavy atom. The van der Waals surface area contributed by atoms with Gasteiger partial charge < -0.3 is 9.47 Å². The minimum atomic E-state index is -3.49. The largest absolute Gasteiger partial charge is 0.490 e. The van der Waals surface area contributed by atoms with Crippen LogP contribution in [0.2, 0.25) is 0 Å². The van der Waals surface area contributed by atoms with Gasteiger partial charge in [0.15, 0.2) is 11.5 Å². The molecule has 0 radical (unpaired) electrons. The number of nitrogens with zero attached hydrogens (tertiary/aromatic N) is 1. The molecule has 0 N–H and O–H groups in total. The molecule has 3 heterocycles. The summed E-state index contributed by atoms with van der Waals surface area (Å²) in [5.41, 5.74) is 0.959. The number of ether oxygens (including phenoxy) is 2. The summed E-state index contributed by atoms with van der Waals surface area (Å²) in [5.74, 6) is 1.44. The van der Waals surface area contributed by atoms with Crippen LogP contribution in [0.3, 0.4) is 0 Å². The molecular formula is C17H18BrNO4S2. The molecule has 1 atom stereocenters. The van der Waals surface area contributed by atoms with Crippen LogP contribution in [-0.2, 0) is 10.0 Å². The van der Waals surface area contributed by atoms with Crippen molar-refractivity contribution < 1.29 is 17.9 Å². The van der Waals surface area contributed by atoms with Crippen molar-refractivity contribution in [1.29, 1.82) is 0 Å². The first-order valence-corrected chi connectivity index (χ1v) is 11.3. The van der Waals surface area contributed by atoms with Crippen LogP contribution < -0.4 is 9.47 Å². The first-order valence-electron chi connectivity index (χ1n) is 8.22. The molecule has 1 saturated heterocycles. The molecule has 2 aromatic rings. The van der Waals surface area contributed by atoms with Crippen LogP contribution in [0.1, 0.15) is 30.9 Å². The molecule has 1 fully saturated rings. The Labute approximate surface area is 159 Å². The van der Waals surface area contributed by atoms with E-state index >= 15 is 0 Å². The molecule has 0 amide bonds. The third-order valence-electron chi connectivity index (χ3n) is 4.47. The highest BCUT2D eigenvalue weighted by molar-refractivity contribution is 9.11. The molecule has 0 unspecified atom stereocenters. The van der Waals surface area contributed by atoms with Gasteiger partial charge in [-0.3, -0.25) is 0 Å². The van der Waals surface area contributed by atoms with Gasteiger partial charge in [-0.25, -0.2) is 8.42 Å². The fraction of sp³-hybridized carbons (Fsp3) is 0.412. The summed E-state index contributed by atoms with van der Waals surface area (Å²) in [6.07, 6.45) is 2.51. The molecule has 8 heteroatoms. The van der Waals surface area contributed by atoms with E-state index in [0.29, 0.717) is 29.7 Å². The second kappa shape index (κ2) is 6.90. The number of benzene rings is 1. The van der Waals surface area contributed by atoms with Gasteiger partial charge in [-0.1, -0.05) is 6.07 Å². The second-order valence-corrected chi connectivity index (χ2v) is 10.7. The number of hydrogen-bond donors (Lipinski definition) is 0. The highest BCUT2D eigenvalue weighted by atomic mass is 79.9. The lowest BCUT2D eigenvalue weighted by molar-refractivity contribution is 0.296. The molecule has 1 aromatic heterocycles. The fourth-order valence-electron chi connectivity index (χ4n) is 3.30. The van der Waals surface area contributed by atoms with E-state index < -0.39 is 10.0 Å². The number of fused-ring (bicyclic) bond motifs is 1. The minimum absolute atomic E-state index is 0.164. The summed E-state index contributed by atoms with van der Waals surface area (Å²) in [7, 11) is -3.49. The topological polar surface area (TPSA) is 55.8 Å². The Morgan fingerprint density at radius 1 is 1.08 bits per heavy atom. The Bertz CT molecular complexity index is 881. The van der Waals surface area contributed by atoms with Crippen molar-refractivity contribution in [2.75, 3.05) is 19.8 Å². The highest BCUT2D eigenvalue weighted by Gasteiger charge is 2.37. The molecule has 134 valence electrons. The Hall–Kier alpha value is -1.09. The van der Waals surface area contributed by atoms with E-state index in [1.807, 2.05) is 18.2 Å². The minimum Gasteiger partial charge on any atom is -0.490 e. The summed E-state index contributed by atoms with van der Waals surface area (Å²) in [6, 6.07) is 9.05. The zero-order valence-corrected chi connectivity index (χ0v) is 16.7. The van der Waals surface area contributed by atoms with Crippen molar-refractivity contribution in [3.63, 3.8) is 0 Å². The van der Waals surface area contributed by atoms with Gasteiger partial charge in [0, 0.05) is 13.0 Å². The number of halogens is 1. The van der Waals surface area contributed by atoms with E-state index in [2.05, 4.69) is 15.9 Å². The molecule has 0 spiro atoms. The Kier molecular flexibility index (Phi) is 4.79. The van der Waals surface area contributed by atoms with Crippen LogP contribution in [0, 0.1) is 0 Å². The standard InChI is InChI=1S/C17H18BrNO4S2/c18-16-6-7-17(24-16)25(20,21)19-8-1-3-13(19)12-4-5-14-15(11-12)23-10-2-9-22-14/h4-7,11,13H,1-3,8-10H2/t13-/m0/s1. The highest BCUT2D eigenvalue weighted by Crippen LogP contribution is 2.41. The van der Waals surface area contributed by atoms with Crippen LogP contribution in [0.15, 0.2) is 38.3 Å². The first-order chi connectivity index (χ1) is 12.1. The van der Waals surface area contributed by atoms with E-state index in [4.69, 9.17) is 9.47 Å². The van der Waals surface area contributed by atoms with Crippen LogP contribution in [-0.4, -0.2) is 32.5 Å². The van der Waals surface area contributed by atoms with Gasteiger partial charge in [-0.15, -0.1) is 11.3 Å². The van der Waals surface area contributed by atoms with Crippen molar-refractivity contribution in [3.05, 3.63) is 39.7 Å². The van der Waals surface area contributed by atoms with Crippen molar-refractivity contribution in [1.82, 2.24) is 4.31 Å². The average Bonchev–Trinajstić information content (AvgIpc) is 3.19. The monoisotopic (exact) mass is 443 g/mol. The zero-order chi connectivity index (χ0) is 17.4. The summed E-state index contributed by atoms with van der Waals surface area (Å²) < 4.78 is 40.3. The lowest BCUT2D eigenvalue weighted by Crippen LogP contribution is -2.30. The van der Waals surface area contributed by atoms with Gasteiger partial charge >= 0.3 is 0 Å². The van der Waals surface area contributed by atoms with Crippen LogP contribution in [0.4, 0.5) is 0 Å². The zero-order valence-electron chi connectivity index (χ0n) is 13.5. The fourth-order valence-corrected chi connectivity index (χ4v) is 7.12. The van der Waals surface area contributed by atoms with Gasteiger partial charge in [-0.2, -0.15) is 4.31 Å².